The second-order valence-electron chi connectivity index (χ2n) is 12.4. The number of esters is 1. The Morgan fingerprint density at radius 3 is 2.71 bits per heavy atom. The van der Waals surface area contributed by atoms with E-state index < -0.39 is 55.8 Å². The average molecular weight is 635 g/mol. The number of nitrogens with one attached hydrogen (secondary N) is 2. The molecule has 2 aliphatic heterocycles. The molecule has 2 saturated heterocycles. The molecule has 45 heavy (non-hydrogen) atoms. The lowest BCUT2D eigenvalue weighted by atomic mass is 9.72. The number of carbonyl (C=O) groups is 2. The summed E-state index contributed by atoms with van der Waals surface area (Å²) in [7, 11) is 1.77. The molecule has 0 radical (unpaired) electrons. The minimum absolute atomic E-state index is 0.0591. The summed E-state index contributed by atoms with van der Waals surface area (Å²) in [5.74, 6) is -1.48. The van der Waals surface area contributed by atoms with Crippen LogP contribution in [0, 0.1) is 11.8 Å². The summed E-state index contributed by atoms with van der Waals surface area (Å²) in [6.07, 6.45) is -4.19. The van der Waals surface area contributed by atoms with Gasteiger partial charge in [0.15, 0.2) is 16.9 Å². The lowest BCUT2D eigenvalue weighted by molar-refractivity contribution is -0.323. The van der Waals surface area contributed by atoms with Gasteiger partial charge in [0.05, 0.1) is 25.4 Å². The van der Waals surface area contributed by atoms with E-state index in [0.717, 1.165) is 16.5 Å². The summed E-state index contributed by atoms with van der Waals surface area (Å²) in [5, 5.41) is 59.7. The zero-order valence-electron chi connectivity index (χ0n) is 25.4. The van der Waals surface area contributed by atoms with Crippen LogP contribution in [0.25, 0.3) is 11.0 Å². The van der Waals surface area contributed by atoms with E-state index in [1.165, 1.54) is 0 Å². The molecule has 6 rings (SSSR count). The Morgan fingerprint density at radius 1 is 1.20 bits per heavy atom. The topological polar surface area (TPSA) is 209 Å². The molecule has 1 aromatic carbocycles. The number of carbonyl (C=O) groups excluding carboxylic acids is 2. The van der Waals surface area contributed by atoms with E-state index >= 15 is 0 Å². The number of benzene rings is 1. The fourth-order valence-electron chi connectivity index (χ4n) is 7.61. The molecule has 1 amide bonds. The predicted octanol–water partition coefficient (Wildman–Crippen LogP) is -0.595. The van der Waals surface area contributed by atoms with Gasteiger partial charge >= 0.3 is 5.97 Å². The maximum absolute atomic E-state index is 13.2. The average Bonchev–Trinajstić information content (AvgIpc) is 3.58. The second kappa shape index (κ2) is 12.7. The van der Waals surface area contributed by atoms with Gasteiger partial charge in [0.1, 0.15) is 24.9 Å². The molecule has 1 aromatic heterocycles. The van der Waals surface area contributed by atoms with Crippen LogP contribution in [0.4, 0.5) is 0 Å². The molecule has 7 N–H and O–H groups in total. The Morgan fingerprint density at radius 2 is 2.00 bits per heavy atom. The van der Waals surface area contributed by atoms with Gasteiger partial charge in [-0.15, -0.1) is 0 Å². The Labute approximate surface area is 259 Å². The molecule has 0 bridgehead atoms. The van der Waals surface area contributed by atoms with Gasteiger partial charge in [0.2, 0.25) is 17.9 Å². The van der Waals surface area contributed by atoms with Crippen LogP contribution in [-0.2, 0) is 25.5 Å². The molecule has 9 atom stereocenters. The van der Waals surface area contributed by atoms with E-state index in [1.54, 1.807) is 20.2 Å². The lowest BCUT2D eigenvalue weighted by Gasteiger charge is -2.47. The number of hydrogen-bond acceptors (Lipinski definition) is 13. The zero-order valence-corrected chi connectivity index (χ0v) is 25.4. The number of likely N-dealkylation sites (N-methyl/N-ethyl adjacent to an activating group) is 1. The van der Waals surface area contributed by atoms with Crippen molar-refractivity contribution in [1.29, 1.82) is 0 Å². The zero-order chi connectivity index (χ0) is 32.0. The molecule has 0 spiro atoms. The van der Waals surface area contributed by atoms with Gasteiger partial charge in [0.25, 0.3) is 0 Å². The Bertz CT molecular complexity index is 1430. The fraction of sp³-hybridized carbons (Fsp3) is 0.677. The quantitative estimate of drug-likeness (QED) is 0.122. The van der Waals surface area contributed by atoms with E-state index in [4.69, 9.17) is 23.4 Å². The summed E-state index contributed by atoms with van der Waals surface area (Å²) in [4.78, 5) is 26.3. The predicted molar refractivity (Wildman–Crippen MR) is 156 cm³/mol. The number of aliphatic hydroxyl groups is 5. The number of aliphatic hydroxyl groups excluding tert-OH is 4. The molecular weight excluding hydrogens is 592 g/mol. The van der Waals surface area contributed by atoms with Crippen LogP contribution in [0.5, 0.6) is 11.5 Å². The largest absolute Gasteiger partial charge is 0.485 e. The van der Waals surface area contributed by atoms with Crippen molar-refractivity contribution in [3.63, 3.8) is 0 Å². The summed E-state index contributed by atoms with van der Waals surface area (Å²) >= 11 is 0. The van der Waals surface area contributed by atoms with Crippen molar-refractivity contribution in [2.45, 2.75) is 74.6 Å². The third-order valence-electron chi connectivity index (χ3n) is 9.84. The number of ether oxygens (including phenoxy) is 4. The van der Waals surface area contributed by atoms with Gasteiger partial charge in [-0.05, 0) is 44.7 Å². The van der Waals surface area contributed by atoms with E-state index in [1.807, 2.05) is 0 Å². The molecule has 4 aliphatic rings. The molecule has 14 nitrogen and oxygen atoms in total. The first kappa shape index (κ1) is 32.0. The number of amides is 1. The third kappa shape index (κ3) is 5.25. The Balaban J connectivity index is 1.56. The van der Waals surface area contributed by atoms with Crippen molar-refractivity contribution in [2.24, 2.45) is 11.8 Å². The minimum atomic E-state index is -2.30. The molecule has 2 fully saturated rings. The fourth-order valence-corrected chi connectivity index (χ4v) is 7.61. The molecule has 0 unspecified atom stereocenters. The minimum Gasteiger partial charge on any atom is -0.485 e. The summed E-state index contributed by atoms with van der Waals surface area (Å²) in [5.41, 5.74) is 0.380. The van der Waals surface area contributed by atoms with Crippen LogP contribution < -0.4 is 20.1 Å². The molecule has 0 saturated carbocycles. The first-order chi connectivity index (χ1) is 21.7. The Kier molecular flexibility index (Phi) is 9.00. The smallest absolute Gasteiger partial charge is 0.309 e. The number of fused-ring (bicyclic) bond motifs is 2. The van der Waals surface area contributed by atoms with Gasteiger partial charge in [0, 0.05) is 54.5 Å². The maximum Gasteiger partial charge on any atom is 0.309 e. The first-order valence-corrected chi connectivity index (χ1v) is 15.6. The highest BCUT2D eigenvalue weighted by molar-refractivity contribution is 5.97. The Hall–Kier alpha value is -2.98. The summed E-state index contributed by atoms with van der Waals surface area (Å²) in [6.45, 7) is 1.75. The van der Waals surface area contributed by atoms with E-state index in [0.29, 0.717) is 37.1 Å². The normalized spacial score (nSPS) is 33.8. The molecular formula is C31H42N2O12. The lowest BCUT2D eigenvalue weighted by Crippen LogP contribution is -2.68. The van der Waals surface area contributed by atoms with Gasteiger partial charge in [-0.25, -0.2) is 0 Å². The number of hydrogen-bond donors (Lipinski definition) is 7. The molecule has 2 aromatic rings. The molecule has 3 heterocycles. The van der Waals surface area contributed by atoms with Gasteiger partial charge in [-0.1, -0.05) is 0 Å². The highest BCUT2D eigenvalue weighted by Crippen LogP contribution is 2.57. The van der Waals surface area contributed by atoms with Crippen molar-refractivity contribution in [3.8, 4) is 11.5 Å². The van der Waals surface area contributed by atoms with Gasteiger partial charge < -0.3 is 59.5 Å². The van der Waals surface area contributed by atoms with Crippen LogP contribution in [-0.4, -0.2) is 114 Å². The third-order valence-corrected chi connectivity index (χ3v) is 9.84. The van der Waals surface area contributed by atoms with Crippen LogP contribution >= 0.6 is 0 Å². The standard InChI is InChI=1S/C31H42N2O12/c1-3-41-29(39)15-8-14-9-16-18(11-33-28(16)38)19-13-43-25-22(19)21(14)17(10-15)24(26(25)42-7-5-32-2)45-30-31(40,4-6-34)27(37)23(36)20(12-35)44-30/h13-16,18,20,23,27,30,32,34-37,40H,3-12H2,1-2H3,(H,33,38)/t14-,15-,16+,18-,20+,23+,27-,30-,31+/m0/s1. The monoisotopic (exact) mass is 634 g/mol. The SMILES string of the molecule is CCOC(=O)[C@@H]1Cc2c(O[C@@H]3O[C@H](CO)[C@@H](O)[C@H](O)[C@]3(O)CCO)c(OCCNC)c3occ4c3c2[C@@H](C1)C[C@H]1C(=O)NC[C@H]41. The summed E-state index contributed by atoms with van der Waals surface area (Å²) in [6, 6.07) is 0. The molecule has 2 aliphatic carbocycles. The second-order valence-corrected chi connectivity index (χ2v) is 12.4. The van der Waals surface area contributed by atoms with Crippen molar-refractivity contribution in [2.75, 3.05) is 46.6 Å². The highest BCUT2D eigenvalue weighted by atomic mass is 16.7. The van der Waals surface area contributed by atoms with Crippen LogP contribution in [0.1, 0.15) is 54.7 Å². The van der Waals surface area contributed by atoms with Crippen molar-refractivity contribution >= 4 is 22.8 Å². The number of furan rings is 1. The molecule has 248 valence electrons. The van der Waals surface area contributed by atoms with E-state index in [2.05, 4.69) is 10.6 Å². The van der Waals surface area contributed by atoms with Crippen molar-refractivity contribution in [1.82, 2.24) is 10.6 Å². The van der Waals surface area contributed by atoms with Crippen LogP contribution in [0.15, 0.2) is 10.7 Å². The van der Waals surface area contributed by atoms with Gasteiger partial charge in [-0.3, -0.25) is 9.59 Å². The molecule has 14 heteroatoms. The highest BCUT2D eigenvalue weighted by Gasteiger charge is 2.56. The van der Waals surface area contributed by atoms with E-state index in [-0.39, 0.29) is 60.8 Å². The van der Waals surface area contributed by atoms with Crippen LogP contribution in [0.2, 0.25) is 0 Å². The van der Waals surface area contributed by atoms with Crippen molar-refractivity contribution in [3.05, 3.63) is 23.0 Å². The summed E-state index contributed by atoms with van der Waals surface area (Å²) < 4.78 is 30.2. The van der Waals surface area contributed by atoms with Crippen LogP contribution in [0.3, 0.4) is 0 Å². The maximum atomic E-state index is 13.2. The van der Waals surface area contributed by atoms with Crippen molar-refractivity contribution < 1.29 is 58.5 Å². The first-order valence-electron chi connectivity index (χ1n) is 15.6. The van der Waals surface area contributed by atoms with Gasteiger partial charge in [-0.2, -0.15) is 0 Å². The van der Waals surface area contributed by atoms with E-state index in [9.17, 15) is 35.1 Å². The number of rotatable bonds is 11.